The first-order chi connectivity index (χ1) is 11.8. The van der Waals surface area contributed by atoms with Crippen LogP contribution in [0.25, 0.3) is 11.3 Å². The molecule has 0 unspecified atom stereocenters. The number of hydrogen-bond donors (Lipinski definition) is 2. The van der Waals surface area contributed by atoms with Crippen molar-refractivity contribution < 1.29 is 10.2 Å². The predicted molar refractivity (Wildman–Crippen MR) is 98.4 cm³/mol. The second-order valence-electron chi connectivity index (χ2n) is 7.72. The molecule has 0 saturated carbocycles. The summed E-state index contributed by atoms with van der Waals surface area (Å²) < 4.78 is 0. The Labute approximate surface area is 149 Å². The van der Waals surface area contributed by atoms with Crippen LogP contribution >= 0.6 is 0 Å². The summed E-state index contributed by atoms with van der Waals surface area (Å²) in [6, 6.07) is 7.41. The second-order valence-corrected chi connectivity index (χ2v) is 7.72. The van der Waals surface area contributed by atoms with Crippen LogP contribution < -0.4 is 0 Å². The third-order valence-electron chi connectivity index (χ3n) is 5.27. The standard InChI is InChI=1S/C20H27N3O2/c1-13-6-7-15(17(24)10-13)18-14(2)11-16(21-22-18)19(25)20(3)8-5-9-23(4)12-20/h6-7,10-11,19,24-25H,5,8-9,12H2,1-4H3/t19-,20+/m0/s1. The van der Waals surface area contributed by atoms with Gasteiger partial charge in [-0.1, -0.05) is 13.0 Å². The molecule has 25 heavy (non-hydrogen) atoms. The molecule has 1 fully saturated rings. The zero-order chi connectivity index (χ0) is 18.2. The van der Waals surface area contributed by atoms with Crippen molar-refractivity contribution in [1.29, 1.82) is 0 Å². The van der Waals surface area contributed by atoms with Gasteiger partial charge in [-0.25, -0.2) is 0 Å². The molecule has 2 N–H and O–H groups in total. The third-order valence-corrected chi connectivity index (χ3v) is 5.27. The number of piperidine rings is 1. The Kier molecular flexibility index (Phi) is 4.80. The van der Waals surface area contributed by atoms with Gasteiger partial charge in [0.2, 0.25) is 0 Å². The van der Waals surface area contributed by atoms with Gasteiger partial charge in [-0.15, -0.1) is 5.10 Å². The molecule has 1 aliphatic rings. The first-order valence-electron chi connectivity index (χ1n) is 8.81. The van der Waals surface area contributed by atoms with Gasteiger partial charge in [-0.3, -0.25) is 0 Å². The van der Waals surface area contributed by atoms with Gasteiger partial charge < -0.3 is 15.1 Å². The van der Waals surface area contributed by atoms with Crippen LogP contribution in [0.4, 0.5) is 0 Å². The Morgan fingerprint density at radius 2 is 1.96 bits per heavy atom. The second kappa shape index (κ2) is 6.73. The SMILES string of the molecule is Cc1ccc(-c2nnc([C@H](O)[C@]3(C)CCCN(C)C3)cc2C)c(O)c1. The molecule has 1 aliphatic heterocycles. The molecule has 2 aromatic rings. The average Bonchev–Trinajstić information content (AvgIpc) is 2.54. The maximum absolute atomic E-state index is 10.9. The number of hydrogen-bond acceptors (Lipinski definition) is 5. The fraction of sp³-hybridized carbons (Fsp3) is 0.500. The van der Waals surface area contributed by atoms with Crippen LogP contribution in [0.3, 0.4) is 0 Å². The van der Waals surface area contributed by atoms with Crippen molar-refractivity contribution in [2.75, 3.05) is 20.1 Å². The summed E-state index contributed by atoms with van der Waals surface area (Å²) in [5, 5.41) is 29.7. The lowest BCUT2D eigenvalue weighted by atomic mass is 9.76. The first-order valence-corrected chi connectivity index (χ1v) is 8.81. The number of aryl methyl sites for hydroxylation is 2. The van der Waals surface area contributed by atoms with Crippen molar-refractivity contribution in [3.05, 3.63) is 41.1 Å². The largest absolute Gasteiger partial charge is 0.507 e. The minimum atomic E-state index is -0.651. The lowest BCUT2D eigenvalue weighted by Gasteiger charge is -2.41. The number of likely N-dealkylation sites (tertiary alicyclic amines) is 1. The highest BCUT2D eigenvalue weighted by Crippen LogP contribution is 2.41. The van der Waals surface area contributed by atoms with Crippen molar-refractivity contribution in [2.24, 2.45) is 5.41 Å². The van der Waals surface area contributed by atoms with Crippen LogP contribution in [-0.4, -0.2) is 45.4 Å². The summed E-state index contributed by atoms with van der Waals surface area (Å²) in [6.45, 7) is 7.90. The van der Waals surface area contributed by atoms with Gasteiger partial charge in [-0.05, 0) is 69.6 Å². The van der Waals surface area contributed by atoms with Crippen molar-refractivity contribution in [2.45, 2.75) is 39.7 Å². The predicted octanol–water partition coefficient (Wildman–Crippen LogP) is 3.23. The van der Waals surface area contributed by atoms with Gasteiger partial charge >= 0.3 is 0 Å². The van der Waals surface area contributed by atoms with Gasteiger partial charge in [0.05, 0.1) is 11.4 Å². The van der Waals surface area contributed by atoms with E-state index in [0.29, 0.717) is 17.0 Å². The molecule has 2 heterocycles. The Morgan fingerprint density at radius 3 is 2.60 bits per heavy atom. The topological polar surface area (TPSA) is 69.5 Å². The van der Waals surface area contributed by atoms with Crippen molar-refractivity contribution >= 4 is 0 Å². The lowest BCUT2D eigenvalue weighted by Crippen LogP contribution is -2.43. The maximum Gasteiger partial charge on any atom is 0.125 e. The summed E-state index contributed by atoms with van der Waals surface area (Å²) >= 11 is 0. The summed E-state index contributed by atoms with van der Waals surface area (Å²) in [4.78, 5) is 2.26. The highest BCUT2D eigenvalue weighted by atomic mass is 16.3. The van der Waals surface area contributed by atoms with Gasteiger partial charge in [0.15, 0.2) is 0 Å². The molecule has 1 aromatic heterocycles. The third kappa shape index (κ3) is 3.53. The van der Waals surface area contributed by atoms with Crippen LogP contribution in [0, 0.1) is 19.3 Å². The minimum absolute atomic E-state index is 0.201. The van der Waals surface area contributed by atoms with E-state index in [1.54, 1.807) is 6.07 Å². The molecule has 0 radical (unpaired) electrons. The van der Waals surface area contributed by atoms with Crippen LogP contribution in [0.2, 0.25) is 0 Å². The quantitative estimate of drug-likeness (QED) is 0.897. The molecule has 0 amide bonds. The van der Waals surface area contributed by atoms with Gasteiger partial charge in [0, 0.05) is 17.5 Å². The van der Waals surface area contributed by atoms with Crippen molar-refractivity contribution in [3.8, 4) is 17.0 Å². The van der Waals surface area contributed by atoms with E-state index in [9.17, 15) is 10.2 Å². The van der Waals surface area contributed by atoms with Crippen molar-refractivity contribution in [1.82, 2.24) is 15.1 Å². The number of aliphatic hydroxyl groups is 1. The fourth-order valence-corrected chi connectivity index (χ4v) is 3.86. The normalized spacial score (nSPS) is 22.8. The van der Waals surface area contributed by atoms with Crippen LogP contribution in [0.5, 0.6) is 5.75 Å². The highest BCUT2D eigenvalue weighted by Gasteiger charge is 2.38. The Morgan fingerprint density at radius 1 is 1.20 bits per heavy atom. The molecule has 0 bridgehead atoms. The molecular formula is C20H27N3O2. The van der Waals surface area contributed by atoms with Gasteiger partial charge in [0.25, 0.3) is 0 Å². The van der Waals surface area contributed by atoms with Crippen LogP contribution in [-0.2, 0) is 0 Å². The zero-order valence-corrected chi connectivity index (χ0v) is 15.5. The number of aromatic nitrogens is 2. The molecule has 1 saturated heterocycles. The van der Waals surface area contributed by atoms with Gasteiger partial charge in [-0.2, -0.15) is 5.10 Å². The van der Waals surface area contributed by atoms with E-state index >= 15 is 0 Å². The molecule has 0 aliphatic carbocycles. The Bertz CT molecular complexity index is 778. The molecule has 1 aromatic carbocycles. The Hall–Kier alpha value is -1.98. The number of rotatable bonds is 3. The monoisotopic (exact) mass is 341 g/mol. The Balaban J connectivity index is 1.91. The minimum Gasteiger partial charge on any atom is -0.507 e. The number of phenols is 1. The van der Waals surface area contributed by atoms with Crippen LogP contribution in [0.15, 0.2) is 24.3 Å². The summed E-state index contributed by atoms with van der Waals surface area (Å²) in [5.74, 6) is 0.201. The maximum atomic E-state index is 10.9. The van der Waals surface area contributed by atoms with Crippen molar-refractivity contribution in [3.63, 3.8) is 0 Å². The lowest BCUT2D eigenvalue weighted by molar-refractivity contribution is -0.0174. The molecule has 134 valence electrons. The average molecular weight is 341 g/mol. The number of phenolic OH excluding ortho intramolecular Hbond substituents is 1. The molecular weight excluding hydrogens is 314 g/mol. The van der Waals surface area contributed by atoms with E-state index in [4.69, 9.17) is 0 Å². The summed E-state index contributed by atoms with van der Waals surface area (Å²) in [5.41, 5.74) is 3.59. The molecule has 3 rings (SSSR count). The first kappa shape index (κ1) is 17.8. The number of aliphatic hydroxyl groups excluding tert-OH is 1. The fourth-order valence-electron chi connectivity index (χ4n) is 3.86. The summed E-state index contributed by atoms with van der Waals surface area (Å²) in [7, 11) is 2.09. The van der Waals surface area contributed by atoms with E-state index in [0.717, 1.165) is 37.1 Å². The zero-order valence-electron chi connectivity index (χ0n) is 15.5. The highest BCUT2D eigenvalue weighted by molar-refractivity contribution is 5.69. The molecule has 5 heteroatoms. The smallest absolute Gasteiger partial charge is 0.125 e. The molecule has 5 nitrogen and oxygen atoms in total. The van der Waals surface area contributed by atoms with E-state index in [2.05, 4.69) is 29.1 Å². The number of aromatic hydroxyl groups is 1. The van der Waals surface area contributed by atoms with Gasteiger partial charge in [0.1, 0.15) is 11.9 Å². The van der Waals surface area contributed by atoms with E-state index in [1.165, 1.54) is 0 Å². The van der Waals surface area contributed by atoms with E-state index < -0.39 is 6.10 Å². The summed E-state index contributed by atoms with van der Waals surface area (Å²) in [6.07, 6.45) is 1.40. The molecule has 0 spiro atoms. The van der Waals surface area contributed by atoms with E-state index in [-0.39, 0.29) is 11.2 Å². The molecule has 2 atom stereocenters. The van der Waals surface area contributed by atoms with Crippen LogP contribution in [0.1, 0.15) is 42.7 Å². The van der Waals surface area contributed by atoms with E-state index in [1.807, 2.05) is 32.0 Å². The number of nitrogens with zero attached hydrogens (tertiary/aromatic N) is 3. The number of benzene rings is 1.